The van der Waals surface area contributed by atoms with Gasteiger partial charge in [0.1, 0.15) is 5.75 Å². The van der Waals surface area contributed by atoms with E-state index in [-0.39, 0.29) is 12.5 Å². The Kier molecular flexibility index (Phi) is 5.84. The van der Waals surface area contributed by atoms with E-state index < -0.39 is 11.6 Å². The molecule has 1 aliphatic rings. The summed E-state index contributed by atoms with van der Waals surface area (Å²) in [6, 6.07) is 9.48. The summed E-state index contributed by atoms with van der Waals surface area (Å²) in [5.41, 5.74) is 3.87. The summed E-state index contributed by atoms with van der Waals surface area (Å²) in [7, 11) is 1.61. The molecular formula is C24H23F2N3O2. The SMILES string of the molecule is COc1cc(/C=C2\CCCN(Cc3ccc(F)c(F)c3)C2=O)ccc1-n1cnc(C)c1. The first kappa shape index (κ1) is 20.8. The molecule has 4 rings (SSSR count). The summed E-state index contributed by atoms with van der Waals surface area (Å²) in [6.45, 7) is 2.75. The smallest absolute Gasteiger partial charge is 0.250 e. The number of imidazole rings is 1. The van der Waals surface area contributed by atoms with Crippen LogP contribution in [0.25, 0.3) is 11.8 Å². The molecule has 5 nitrogen and oxygen atoms in total. The van der Waals surface area contributed by atoms with Gasteiger partial charge in [-0.2, -0.15) is 0 Å². The first-order chi connectivity index (χ1) is 14.9. The molecule has 2 heterocycles. The minimum atomic E-state index is -0.905. The molecule has 0 unspecified atom stereocenters. The van der Waals surface area contributed by atoms with Gasteiger partial charge >= 0.3 is 0 Å². The predicted octanol–water partition coefficient (Wildman–Crippen LogP) is 4.67. The Morgan fingerprint density at radius 1 is 1.16 bits per heavy atom. The van der Waals surface area contributed by atoms with Gasteiger partial charge in [0.2, 0.25) is 5.91 Å². The van der Waals surface area contributed by atoms with Crippen LogP contribution >= 0.6 is 0 Å². The molecule has 0 saturated carbocycles. The Labute approximate surface area is 179 Å². The molecule has 0 atom stereocenters. The molecule has 1 saturated heterocycles. The van der Waals surface area contributed by atoms with Crippen molar-refractivity contribution in [2.24, 2.45) is 0 Å². The topological polar surface area (TPSA) is 47.4 Å². The largest absolute Gasteiger partial charge is 0.495 e. The van der Waals surface area contributed by atoms with Gasteiger partial charge < -0.3 is 14.2 Å². The number of halogens is 2. The molecule has 1 aliphatic heterocycles. The quantitative estimate of drug-likeness (QED) is 0.560. The Morgan fingerprint density at radius 2 is 2.00 bits per heavy atom. The van der Waals surface area contributed by atoms with Crippen LogP contribution in [0.2, 0.25) is 0 Å². The number of benzene rings is 2. The Bertz CT molecular complexity index is 1150. The number of nitrogens with zero attached hydrogens (tertiary/aromatic N) is 3. The van der Waals surface area contributed by atoms with Gasteiger partial charge in [-0.15, -0.1) is 0 Å². The van der Waals surface area contributed by atoms with Gasteiger partial charge in [0, 0.05) is 24.9 Å². The lowest BCUT2D eigenvalue weighted by Gasteiger charge is -2.28. The normalized spacial score (nSPS) is 15.5. The van der Waals surface area contributed by atoms with Crippen LogP contribution in [-0.4, -0.2) is 34.0 Å². The van der Waals surface area contributed by atoms with Crippen molar-refractivity contribution in [3.8, 4) is 11.4 Å². The third-order valence-electron chi connectivity index (χ3n) is 5.33. The van der Waals surface area contributed by atoms with Crippen molar-refractivity contribution in [2.75, 3.05) is 13.7 Å². The van der Waals surface area contributed by atoms with Crippen molar-refractivity contribution in [3.05, 3.63) is 83.0 Å². The van der Waals surface area contributed by atoms with Gasteiger partial charge in [-0.05, 0) is 61.2 Å². The number of likely N-dealkylation sites (tertiary alicyclic amines) is 1. The zero-order valence-electron chi connectivity index (χ0n) is 17.4. The van der Waals surface area contributed by atoms with Gasteiger partial charge in [-0.3, -0.25) is 4.79 Å². The number of rotatable bonds is 5. The minimum absolute atomic E-state index is 0.0933. The van der Waals surface area contributed by atoms with E-state index in [0.717, 1.165) is 35.5 Å². The van der Waals surface area contributed by atoms with Crippen molar-refractivity contribution >= 4 is 12.0 Å². The number of carbonyl (C=O) groups is 1. The van der Waals surface area contributed by atoms with Crippen molar-refractivity contribution < 1.29 is 18.3 Å². The summed E-state index contributed by atoms with van der Waals surface area (Å²) >= 11 is 0. The maximum absolute atomic E-state index is 13.5. The molecule has 0 bridgehead atoms. The van der Waals surface area contributed by atoms with Crippen molar-refractivity contribution in [1.82, 2.24) is 14.5 Å². The molecular weight excluding hydrogens is 400 g/mol. The average Bonchev–Trinajstić information content (AvgIpc) is 3.19. The number of amides is 1. The average molecular weight is 423 g/mol. The molecule has 0 spiro atoms. The van der Waals surface area contributed by atoms with E-state index in [4.69, 9.17) is 4.74 Å². The maximum atomic E-state index is 13.5. The molecule has 160 valence electrons. The fraction of sp³-hybridized carbons (Fsp3) is 0.250. The van der Waals surface area contributed by atoms with Crippen LogP contribution in [0.15, 0.2) is 54.5 Å². The molecule has 31 heavy (non-hydrogen) atoms. The number of aryl methyl sites for hydroxylation is 1. The van der Waals surface area contributed by atoms with Gasteiger partial charge in [-0.25, -0.2) is 13.8 Å². The molecule has 3 aromatic rings. The first-order valence-corrected chi connectivity index (χ1v) is 10.1. The fourth-order valence-electron chi connectivity index (χ4n) is 3.77. The Hall–Kier alpha value is -3.48. The Morgan fingerprint density at radius 3 is 2.71 bits per heavy atom. The van der Waals surface area contributed by atoms with Gasteiger partial charge in [0.05, 0.1) is 24.8 Å². The highest BCUT2D eigenvalue weighted by Gasteiger charge is 2.23. The van der Waals surface area contributed by atoms with Crippen molar-refractivity contribution in [2.45, 2.75) is 26.3 Å². The van der Waals surface area contributed by atoms with Crippen LogP contribution in [0.1, 0.15) is 29.7 Å². The second-order valence-electron chi connectivity index (χ2n) is 7.60. The lowest BCUT2D eigenvalue weighted by Crippen LogP contribution is -2.36. The summed E-state index contributed by atoms with van der Waals surface area (Å²) < 4.78 is 34.1. The van der Waals surface area contributed by atoms with Crippen molar-refractivity contribution in [1.29, 1.82) is 0 Å². The van der Waals surface area contributed by atoms with Gasteiger partial charge in [-0.1, -0.05) is 12.1 Å². The number of hydrogen-bond donors (Lipinski definition) is 0. The highest BCUT2D eigenvalue weighted by molar-refractivity contribution is 5.98. The highest BCUT2D eigenvalue weighted by atomic mass is 19.2. The van der Waals surface area contributed by atoms with E-state index in [1.54, 1.807) is 18.3 Å². The van der Waals surface area contributed by atoms with Crippen LogP contribution in [-0.2, 0) is 11.3 Å². The highest BCUT2D eigenvalue weighted by Crippen LogP contribution is 2.28. The third-order valence-corrected chi connectivity index (χ3v) is 5.33. The van der Waals surface area contributed by atoms with E-state index >= 15 is 0 Å². The summed E-state index contributed by atoms with van der Waals surface area (Å²) in [5.74, 6) is -1.21. The fourth-order valence-corrected chi connectivity index (χ4v) is 3.77. The van der Waals surface area contributed by atoms with Crippen LogP contribution in [0.5, 0.6) is 5.75 Å². The summed E-state index contributed by atoms with van der Waals surface area (Å²) in [5, 5.41) is 0. The first-order valence-electron chi connectivity index (χ1n) is 10.1. The zero-order valence-corrected chi connectivity index (χ0v) is 17.4. The molecule has 2 aromatic carbocycles. The van der Waals surface area contributed by atoms with E-state index in [2.05, 4.69) is 4.98 Å². The minimum Gasteiger partial charge on any atom is -0.495 e. The predicted molar refractivity (Wildman–Crippen MR) is 114 cm³/mol. The number of carbonyl (C=O) groups excluding carboxylic acids is 1. The van der Waals surface area contributed by atoms with Crippen molar-refractivity contribution in [3.63, 3.8) is 0 Å². The lowest BCUT2D eigenvalue weighted by molar-refractivity contribution is -0.129. The molecule has 1 amide bonds. The molecule has 1 aromatic heterocycles. The van der Waals surface area contributed by atoms with Gasteiger partial charge in [0.15, 0.2) is 11.6 Å². The summed E-state index contributed by atoms with van der Waals surface area (Å²) in [6.07, 6.45) is 6.98. The van der Waals surface area contributed by atoms with E-state index in [1.807, 2.05) is 42.0 Å². The standard InChI is InChI=1S/C24H23F2N3O2/c1-16-13-29(15-27-16)22-8-6-17(12-23(22)31-2)10-19-4-3-9-28(24(19)30)14-18-5-7-20(25)21(26)11-18/h5-8,10-13,15H,3-4,9,14H2,1-2H3/b19-10+. The molecule has 1 fully saturated rings. The van der Waals surface area contributed by atoms with E-state index in [0.29, 0.717) is 29.9 Å². The van der Waals surface area contributed by atoms with Crippen LogP contribution < -0.4 is 4.74 Å². The molecule has 7 heteroatoms. The number of aromatic nitrogens is 2. The molecule has 0 aliphatic carbocycles. The monoisotopic (exact) mass is 423 g/mol. The lowest BCUT2D eigenvalue weighted by atomic mass is 10.00. The molecule has 0 radical (unpaired) electrons. The summed E-state index contributed by atoms with van der Waals surface area (Å²) in [4.78, 5) is 18.9. The Balaban J connectivity index is 1.56. The second kappa shape index (κ2) is 8.71. The third kappa shape index (κ3) is 4.50. The second-order valence-corrected chi connectivity index (χ2v) is 7.60. The van der Waals surface area contributed by atoms with Crippen LogP contribution in [0.3, 0.4) is 0 Å². The van der Waals surface area contributed by atoms with Crippen LogP contribution in [0, 0.1) is 18.6 Å². The van der Waals surface area contributed by atoms with E-state index in [9.17, 15) is 13.6 Å². The van der Waals surface area contributed by atoms with E-state index in [1.165, 1.54) is 6.07 Å². The number of hydrogen-bond acceptors (Lipinski definition) is 3. The van der Waals surface area contributed by atoms with Crippen LogP contribution in [0.4, 0.5) is 8.78 Å². The maximum Gasteiger partial charge on any atom is 0.250 e. The zero-order chi connectivity index (χ0) is 22.0. The number of ether oxygens (including phenoxy) is 1. The van der Waals surface area contributed by atoms with Gasteiger partial charge in [0.25, 0.3) is 0 Å². The molecule has 0 N–H and O–H groups in total. The number of methoxy groups -OCH3 is 1. The number of piperidine rings is 1.